The molecule has 0 unspecified atom stereocenters. The molecule has 2 aromatic rings. The molecule has 2 aromatic carbocycles. The van der Waals surface area contributed by atoms with Crippen molar-refractivity contribution in [2.75, 3.05) is 24.4 Å². The molecule has 0 bridgehead atoms. The van der Waals surface area contributed by atoms with Gasteiger partial charge in [0.15, 0.2) is 0 Å². The Bertz CT molecular complexity index is 1050. The minimum Gasteiger partial charge on any atom is -0.497 e. The monoisotopic (exact) mass is 420 g/mol. The van der Waals surface area contributed by atoms with E-state index in [1.165, 1.54) is 19.1 Å². The number of carbonyl (C=O) groups excluding carboxylic acids is 3. The molecule has 1 aliphatic heterocycles. The highest BCUT2D eigenvalue weighted by atomic mass is 16.5. The first kappa shape index (κ1) is 20.7. The van der Waals surface area contributed by atoms with Crippen LogP contribution in [0.1, 0.15) is 30.1 Å². The number of allylic oxidation sites excluding steroid dienone is 2. The van der Waals surface area contributed by atoms with Crippen LogP contribution in [0.4, 0.5) is 11.4 Å². The molecule has 160 valence electrons. The molecule has 1 saturated heterocycles. The Morgan fingerprint density at radius 2 is 1.58 bits per heavy atom. The van der Waals surface area contributed by atoms with Crippen LogP contribution in [0.15, 0.2) is 54.1 Å². The van der Waals surface area contributed by atoms with Gasteiger partial charge >= 0.3 is 0 Å². The van der Waals surface area contributed by atoms with Crippen molar-refractivity contribution in [2.24, 2.45) is 11.8 Å². The molecule has 1 fully saturated rings. The average Bonchev–Trinajstić information content (AvgIpc) is 3.02. The van der Waals surface area contributed by atoms with Gasteiger partial charge in [0, 0.05) is 29.4 Å². The highest BCUT2D eigenvalue weighted by molar-refractivity contribution is 6.22. The summed E-state index contributed by atoms with van der Waals surface area (Å²) in [5.41, 5.74) is 2.56. The predicted molar refractivity (Wildman–Crippen MR) is 116 cm³/mol. The zero-order chi connectivity index (χ0) is 22.1. The molecule has 31 heavy (non-hydrogen) atoms. The smallest absolute Gasteiger partial charge is 0.255 e. The van der Waals surface area contributed by atoms with E-state index < -0.39 is 0 Å². The average molecular weight is 420 g/mol. The number of ether oxygens (including phenoxy) is 2. The van der Waals surface area contributed by atoms with E-state index >= 15 is 0 Å². The standard InChI is InChI=1S/C24H24N2O5/c1-14-4-9-20-21(10-14)24(29)26(23(20)28)17-7-5-15(6-8-17)22(27)25-16-11-18(30-2)13-19(12-16)31-3/h4-8,11-13,20-21H,9-10H2,1-3H3,(H,25,27)/t20-,21-/m1/s1. The summed E-state index contributed by atoms with van der Waals surface area (Å²) in [6.07, 6.45) is 3.26. The summed E-state index contributed by atoms with van der Waals surface area (Å²) in [4.78, 5) is 39.6. The topological polar surface area (TPSA) is 84.9 Å². The highest BCUT2D eigenvalue weighted by Crippen LogP contribution is 2.39. The molecule has 0 saturated carbocycles. The van der Waals surface area contributed by atoms with Crippen molar-refractivity contribution in [3.8, 4) is 11.5 Å². The normalized spacial score (nSPS) is 20.2. The first-order valence-electron chi connectivity index (χ1n) is 10.1. The lowest BCUT2D eigenvalue weighted by Gasteiger charge is -2.18. The Labute approximate surface area is 180 Å². The molecule has 4 rings (SSSR count). The molecular weight excluding hydrogens is 396 g/mol. The van der Waals surface area contributed by atoms with Crippen molar-refractivity contribution in [1.29, 1.82) is 0 Å². The number of anilines is 2. The number of nitrogens with one attached hydrogen (secondary N) is 1. The summed E-state index contributed by atoms with van der Waals surface area (Å²) in [5, 5.41) is 2.81. The van der Waals surface area contributed by atoms with Gasteiger partial charge in [0.25, 0.3) is 5.91 Å². The fourth-order valence-electron chi connectivity index (χ4n) is 4.14. The number of methoxy groups -OCH3 is 2. The van der Waals surface area contributed by atoms with E-state index in [1.807, 2.05) is 13.0 Å². The van der Waals surface area contributed by atoms with Crippen LogP contribution < -0.4 is 19.7 Å². The summed E-state index contributed by atoms with van der Waals surface area (Å²) in [7, 11) is 3.07. The molecule has 3 amide bonds. The van der Waals surface area contributed by atoms with Crippen LogP contribution in [0, 0.1) is 11.8 Å². The van der Waals surface area contributed by atoms with Gasteiger partial charge in [-0.1, -0.05) is 11.6 Å². The second-order valence-corrected chi connectivity index (χ2v) is 7.82. The van der Waals surface area contributed by atoms with Crippen molar-refractivity contribution in [3.63, 3.8) is 0 Å². The van der Waals surface area contributed by atoms with Gasteiger partial charge in [0.1, 0.15) is 11.5 Å². The number of carbonyl (C=O) groups is 3. The van der Waals surface area contributed by atoms with Gasteiger partial charge in [-0.2, -0.15) is 0 Å². The zero-order valence-electron chi connectivity index (χ0n) is 17.7. The predicted octanol–water partition coefficient (Wildman–Crippen LogP) is 3.80. The highest BCUT2D eigenvalue weighted by Gasteiger charge is 2.48. The third kappa shape index (κ3) is 3.91. The Kier molecular flexibility index (Phi) is 5.50. The molecule has 1 heterocycles. The van der Waals surface area contributed by atoms with E-state index in [4.69, 9.17) is 9.47 Å². The zero-order valence-corrected chi connectivity index (χ0v) is 17.7. The van der Waals surface area contributed by atoms with E-state index in [2.05, 4.69) is 5.32 Å². The summed E-state index contributed by atoms with van der Waals surface area (Å²) < 4.78 is 10.4. The lowest BCUT2D eigenvalue weighted by Crippen LogP contribution is -2.30. The van der Waals surface area contributed by atoms with Crippen LogP contribution in [-0.4, -0.2) is 31.9 Å². The molecule has 7 heteroatoms. The van der Waals surface area contributed by atoms with E-state index in [-0.39, 0.29) is 29.6 Å². The number of imide groups is 1. The first-order chi connectivity index (χ1) is 14.9. The molecule has 2 aliphatic rings. The van der Waals surface area contributed by atoms with E-state index in [9.17, 15) is 14.4 Å². The molecule has 1 N–H and O–H groups in total. The minimum atomic E-state index is -0.325. The van der Waals surface area contributed by atoms with Crippen molar-refractivity contribution < 1.29 is 23.9 Å². The number of rotatable bonds is 5. The molecule has 1 aliphatic carbocycles. The molecular formula is C24H24N2O5. The number of hydrogen-bond acceptors (Lipinski definition) is 5. The third-order valence-corrected chi connectivity index (χ3v) is 5.82. The van der Waals surface area contributed by atoms with Crippen LogP contribution in [0.5, 0.6) is 11.5 Å². The van der Waals surface area contributed by atoms with Crippen molar-refractivity contribution in [3.05, 3.63) is 59.7 Å². The lowest BCUT2D eigenvalue weighted by molar-refractivity contribution is -0.122. The number of amides is 3. The van der Waals surface area contributed by atoms with Crippen LogP contribution >= 0.6 is 0 Å². The van der Waals surface area contributed by atoms with Gasteiger partial charge in [-0.25, -0.2) is 0 Å². The first-order valence-corrected chi connectivity index (χ1v) is 10.1. The van der Waals surface area contributed by atoms with Gasteiger partial charge in [-0.05, 0) is 44.0 Å². The van der Waals surface area contributed by atoms with Crippen molar-refractivity contribution in [2.45, 2.75) is 19.8 Å². The van der Waals surface area contributed by atoms with Gasteiger partial charge in [-0.15, -0.1) is 0 Å². The van der Waals surface area contributed by atoms with Crippen LogP contribution in [0.2, 0.25) is 0 Å². The lowest BCUT2D eigenvalue weighted by atomic mass is 9.82. The molecule has 2 atom stereocenters. The summed E-state index contributed by atoms with van der Waals surface area (Å²) in [6, 6.07) is 11.6. The van der Waals surface area contributed by atoms with Gasteiger partial charge in [-0.3, -0.25) is 19.3 Å². The fourth-order valence-corrected chi connectivity index (χ4v) is 4.14. The summed E-state index contributed by atoms with van der Waals surface area (Å²) in [6.45, 7) is 1.99. The Balaban J connectivity index is 1.50. The maximum Gasteiger partial charge on any atom is 0.255 e. The Hall–Kier alpha value is -3.61. The quantitative estimate of drug-likeness (QED) is 0.587. The fraction of sp³-hybridized carbons (Fsp3) is 0.292. The van der Waals surface area contributed by atoms with E-state index in [1.54, 1.807) is 42.5 Å². The van der Waals surface area contributed by atoms with E-state index in [0.717, 1.165) is 5.57 Å². The number of nitrogens with zero attached hydrogens (tertiary/aromatic N) is 1. The van der Waals surface area contributed by atoms with Gasteiger partial charge in [0.2, 0.25) is 11.8 Å². The number of hydrogen-bond donors (Lipinski definition) is 1. The van der Waals surface area contributed by atoms with Crippen LogP contribution in [-0.2, 0) is 9.59 Å². The number of benzene rings is 2. The SMILES string of the molecule is COc1cc(NC(=O)c2ccc(N3C(=O)[C@@H]4CC=C(C)C[C@H]4C3=O)cc2)cc(OC)c1. The third-order valence-electron chi connectivity index (χ3n) is 5.82. The summed E-state index contributed by atoms with van der Waals surface area (Å²) >= 11 is 0. The molecule has 0 radical (unpaired) electrons. The maximum atomic E-state index is 12.9. The second-order valence-electron chi connectivity index (χ2n) is 7.82. The molecule has 0 aromatic heterocycles. The van der Waals surface area contributed by atoms with Gasteiger partial charge < -0.3 is 14.8 Å². The van der Waals surface area contributed by atoms with Gasteiger partial charge in [0.05, 0.1) is 31.7 Å². The second kappa shape index (κ2) is 8.26. The van der Waals surface area contributed by atoms with Crippen molar-refractivity contribution in [1.82, 2.24) is 0 Å². The van der Waals surface area contributed by atoms with Crippen LogP contribution in [0.25, 0.3) is 0 Å². The summed E-state index contributed by atoms with van der Waals surface area (Å²) in [5.74, 6) is -0.118. The maximum absolute atomic E-state index is 12.9. The molecule has 7 nitrogen and oxygen atoms in total. The van der Waals surface area contributed by atoms with Crippen LogP contribution in [0.3, 0.4) is 0 Å². The molecule has 0 spiro atoms. The van der Waals surface area contributed by atoms with E-state index in [0.29, 0.717) is 41.3 Å². The minimum absolute atomic E-state index is 0.164. The Morgan fingerprint density at radius 3 is 2.19 bits per heavy atom. The largest absolute Gasteiger partial charge is 0.497 e. The number of fused-ring (bicyclic) bond motifs is 1. The Morgan fingerprint density at radius 1 is 0.968 bits per heavy atom. The van der Waals surface area contributed by atoms with Crippen molar-refractivity contribution >= 4 is 29.1 Å².